The van der Waals surface area contributed by atoms with Crippen molar-refractivity contribution >= 4 is 11.9 Å². The van der Waals surface area contributed by atoms with Crippen molar-refractivity contribution in [1.29, 1.82) is 0 Å². The number of rotatable bonds is 6. The fourth-order valence-electron chi connectivity index (χ4n) is 0.811. The van der Waals surface area contributed by atoms with Gasteiger partial charge in [-0.05, 0) is 12.8 Å². The summed E-state index contributed by atoms with van der Waals surface area (Å²) in [6.07, 6.45) is 1.42. The average molecular weight is 187 g/mol. The molecule has 0 spiro atoms. The van der Waals surface area contributed by atoms with Gasteiger partial charge in [0.2, 0.25) is 5.91 Å². The van der Waals surface area contributed by atoms with Gasteiger partial charge in [0.1, 0.15) is 0 Å². The topological polar surface area (TPSA) is 66.4 Å². The highest BCUT2D eigenvalue weighted by Gasteiger charge is 2.08. The molecule has 1 atom stereocenters. The first-order valence-electron chi connectivity index (χ1n) is 4.57. The van der Waals surface area contributed by atoms with Crippen LogP contribution in [0, 0.1) is 5.92 Å². The quantitative estimate of drug-likeness (QED) is 0.610. The Morgan fingerprint density at radius 3 is 2.54 bits per heavy atom. The Hall–Kier alpha value is -1.06. The van der Waals surface area contributed by atoms with Crippen molar-refractivity contribution in [1.82, 2.24) is 5.32 Å². The molecule has 0 aliphatic carbocycles. The lowest BCUT2D eigenvalue weighted by Crippen LogP contribution is -2.29. The SMILES string of the molecule is CCC(C)C(=O)NCCCC(=O)O. The average Bonchev–Trinajstić information content (AvgIpc) is 2.10. The summed E-state index contributed by atoms with van der Waals surface area (Å²) in [6, 6.07) is 0. The maximum atomic E-state index is 11.2. The van der Waals surface area contributed by atoms with E-state index in [0.29, 0.717) is 13.0 Å². The Morgan fingerprint density at radius 1 is 1.46 bits per heavy atom. The van der Waals surface area contributed by atoms with Gasteiger partial charge in [-0.25, -0.2) is 0 Å². The van der Waals surface area contributed by atoms with Crippen LogP contribution >= 0.6 is 0 Å². The fourth-order valence-corrected chi connectivity index (χ4v) is 0.811. The van der Waals surface area contributed by atoms with Crippen LogP contribution in [-0.4, -0.2) is 23.5 Å². The summed E-state index contributed by atoms with van der Waals surface area (Å²) in [4.78, 5) is 21.3. The molecule has 0 radical (unpaired) electrons. The number of aliphatic carboxylic acids is 1. The first-order valence-corrected chi connectivity index (χ1v) is 4.57. The zero-order valence-electron chi connectivity index (χ0n) is 8.17. The molecule has 1 unspecified atom stereocenters. The van der Waals surface area contributed by atoms with E-state index in [2.05, 4.69) is 5.32 Å². The molecule has 0 aliphatic rings. The number of carbonyl (C=O) groups is 2. The number of amides is 1. The largest absolute Gasteiger partial charge is 0.481 e. The first-order chi connectivity index (χ1) is 6.07. The maximum Gasteiger partial charge on any atom is 0.303 e. The van der Waals surface area contributed by atoms with E-state index in [1.165, 1.54) is 0 Å². The van der Waals surface area contributed by atoms with E-state index in [4.69, 9.17) is 5.11 Å². The molecule has 0 heterocycles. The molecule has 1 amide bonds. The highest BCUT2D eigenvalue weighted by molar-refractivity contribution is 5.78. The molecular weight excluding hydrogens is 170 g/mol. The van der Waals surface area contributed by atoms with E-state index >= 15 is 0 Å². The second kappa shape index (κ2) is 6.46. The van der Waals surface area contributed by atoms with Crippen molar-refractivity contribution in [2.45, 2.75) is 33.1 Å². The zero-order chi connectivity index (χ0) is 10.3. The van der Waals surface area contributed by atoms with Crippen molar-refractivity contribution in [2.24, 2.45) is 5.92 Å². The van der Waals surface area contributed by atoms with Crippen LogP contribution in [-0.2, 0) is 9.59 Å². The number of carbonyl (C=O) groups excluding carboxylic acids is 1. The fraction of sp³-hybridized carbons (Fsp3) is 0.778. The van der Waals surface area contributed by atoms with Gasteiger partial charge in [0.25, 0.3) is 0 Å². The molecule has 13 heavy (non-hydrogen) atoms. The zero-order valence-corrected chi connectivity index (χ0v) is 8.17. The second-order valence-electron chi connectivity index (χ2n) is 3.10. The second-order valence-corrected chi connectivity index (χ2v) is 3.10. The van der Waals surface area contributed by atoms with Gasteiger partial charge in [-0.15, -0.1) is 0 Å². The normalized spacial score (nSPS) is 12.2. The maximum absolute atomic E-state index is 11.2. The number of nitrogens with one attached hydrogen (secondary N) is 1. The molecule has 0 aliphatic heterocycles. The molecule has 76 valence electrons. The molecule has 0 rings (SSSR count). The Kier molecular flexibility index (Phi) is 5.93. The molecule has 0 aromatic carbocycles. The Balaban J connectivity index is 3.42. The lowest BCUT2D eigenvalue weighted by atomic mass is 10.1. The van der Waals surface area contributed by atoms with E-state index < -0.39 is 5.97 Å². The predicted molar refractivity (Wildman–Crippen MR) is 49.3 cm³/mol. The van der Waals surface area contributed by atoms with Crippen molar-refractivity contribution in [3.63, 3.8) is 0 Å². The Morgan fingerprint density at radius 2 is 2.08 bits per heavy atom. The number of hydrogen-bond acceptors (Lipinski definition) is 2. The third-order valence-electron chi connectivity index (χ3n) is 1.93. The molecule has 4 heteroatoms. The highest BCUT2D eigenvalue weighted by atomic mass is 16.4. The molecule has 2 N–H and O–H groups in total. The van der Waals surface area contributed by atoms with Crippen molar-refractivity contribution in [3.05, 3.63) is 0 Å². The first kappa shape index (κ1) is 11.9. The van der Waals surface area contributed by atoms with Crippen molar-refractivity contribution in [2.75, 3.05) is 6.54 Å². The molecule has 0 aromatic rings. The van der Waals surface area contributed by atoms with Gasteiger partial charge in [-0.2, -0.15) is 0 Å². The standard InChI is InChI=1S/C9H17NO3/c1-3-7(2)9(13)10-6-4-5-8(11)12/h7H,3-6H2,1-2H3,(H,10,13)(H,11,12). The summed E-state index contributed by atoms with van der Waals surface area (Å²) >= 11 is 0. The number of carboxylic acid groups (broad SMARTS) is 1. The molecule has 0 bridgehead atoms. The van der Waals surface area contributed by atoms with Gasteiger partial charge in [-0.3, -0.25) is 9.59 Å². The molecule has 0 saturated carbocycles. The van der Waals surface area contributed by atoms with Crippen LogP contribution in [0.15, 0.2) is 0 Å². The predicted octanol–water partition coefficient (Wildman–Crippen LogP) is 1.01. The summed E-state index contributed by atoms with van der Waals surface area (Å²) in [5.41, 5.74) is 0. The van der Waals surface area contributed by atoms with Crippen LogP contribution in [0.25, 0.3) is 0 Å². The van der Waals surface area contributed by atoms with Crippen molar-refractivity contribution in [3.8, 4) is 0 Å². The van der Waals surface area contributed by atoms with Crippen LogP contribution in [0.2, 0.25) is 0 Å². The van der Waals surface area contributed by atoms with Gasteiger partial charge >= 0.3 is 5.97 Å². The monoisotopic (exact) mass is 187 g/mol. The van der Waals surface area contributed by atoms with Gasteiger partial charge < -0.3 is 10.4 Å². The van der Waals surface area contributed by atoms with Crippen LogP contribution in [0.3, 0.4) is 0 Å². The van der Waals surface area contributed by atoms with Crippen LogP contribution in [0.5, 0.6) is 0 Å². The van der Waals surface area contributed by atoms with E-state index in [-0.39, 0.29) is 18.2 Å². The lowest BCUT2D eigenvalue weighted by Gasteiger charge is -2.08. The molecule has 0 fully saturated rings. The third-order valence-corrected chi connectivity index (χ3v) is 1.93. The highest BCUT2D eigenvalue weighted by Crippen LogP contribution is 1.99. The van der Waals surface area contributed by atoms with Crippen molar-refractivity contribution < 1.29 is 14.7 Å². The van der Waals surface area contributed by atoms with E-state index in [9.17, 15) is 9.59 Å². The van der Waals surface area contributed by atoms with E-state index in [0.717, 1.165) is 6.42 Å². The smallest absolute Gasteiger partial charge is 0.303 e. The van der Waals surface area contributed by atoms with Gasteiger partial charge in [-0.1, -0.05) is 13.8 Å². The Labute approximate surface area is 78.3 Å². The van der Waals surface area contributed by atoms with Crippen LogP contribution < -0.4 is 5.32 Å². The minimum Gasteiger partial charge on any atom is -0.481 e. The summed E-state index contributed by atoms with van der Waals surface area (Å²) in [5.74, 6) is -0.796. The van der Waals surface area contributed by atoms with Crippen LogP contribution in [0.4, 0.5) is 0 Å². The molecule has 0 aromatic heterocycles. The Bertz CT molecular complexity index is 180. The van der Waals surface area contributed by atoms with Gasteiger partial charge in [0, 0.05) is 18.9 Å². The lowest BCUT2D eigenvalue weighted by molar-refractivity contribution is -0.137. The molecule has 4 nitrogen and oxygen atoms in total. The van der Waals surface area contributed by atoms with Crippen LogP contribution in [0.1, 0.15) is 33.1 Å². The summed E-state index contributed by atoms with van der Waals surface area (Å²) in [6.45, 7) is 4.25. The van der Waals surface area contributed by atoms with Gasteiger partial charge in [0.05, 0.1) is 0 Å². The number of carboxylic acids is 1. The number of hydrogen-bond donors (Lipinski definition) is 2. The minimum absolute atomic E-state index is 0.00730. The summed E-state index contributed by atoms with van der Waals surface area (Å²) in [5, 5.41) is 11.0. The molecular formula is C9H17NO3. The summed E-state index contributed by atoms with van der Waals surface area (Å²) < 4.78 is 0. The van der Waals surface area contributed by atoms with Gasteiger partial charge in [0.15, 0.2) is 0 Å². The molecule has 0 saturated heterocycles. The van der Waals surface area contributed by atoms with E-state index in [1.807, 2.05) is 13.8 Å². The minimum atomic E-state index is -0.821. The van der Waals surface area contributed by atoms with E-state index in [1.54, 1.807) is 0 Å². The summed E-state index contributed by atoms with van der Waals surface area (Å²) in [7, 11) is 0. The third kappa shape index (κ3) is 6.13.